The summed E-state index contributed by atoms with van der Waals surface area (Å²) in [6.07, 6.45) is -0.378. The van der Waals surface area contributed by atoms with Crippen molar-refractivity contribution < 1.29 is 14.3 Å². The summed E-state index contributed by atoms with van der Waals surface area (Å²) in [4.78, 5) is 26.0. The predicted molar refractivity (Wildman–Crippen MR) is 134 cm³/mol. The molecule has 3 aromatic rings. The molecular weight excluding hydrogens is 430 g/mol. The lowest BCUT2D eigenvalue weighted by atomic mass is 9.98. The number of methoxy groups -OCH3 is 1. The Balaban J connectivity index is 1.67. The Morgan fingerprint density at radius 2 is 1.79 bits per heavy atom. The molecule has 1 atom stereocenters. The van der Waals surface area contributed by atoms with E-state index in [9.17, 15) is 4.79 Å². The maximum atomic E-state index is 12.8. The molecule has 1 fully saturated rings. The summed E-state index contributed by atoms with van der Waals surface area (Å²) in [6, 6.07) is 9.92. The molecule has 1 aliphatic rings. The molecule has 1 saturated heterocycles. The zero-order chi connectivity index (χ0) is 24.4. The number of hydrogen-bond donors (Lipinski definition) is 1. The molecule has 0 radical (unpaired) electrons. The summed E-state index contributed by atoms with van der Waals surface area (Å²) in [6.45, 7) is 11.1. The third-order valence-corrected chi connectivity index (χ3v) is 6.52. The van der Waals surface area contributed by atoms with E-state index in [2.05, 4.69) is 59.2 Å². The molecule has 2 heterocycles. The topological polar surface area (TPSA) is 79.8 Å². The van der Waals surface area contributed by atoms with Crippen molar-refractivity contribution in [1.82, 2.24) is 19.8 Å². The van der Waals surface area contributed by atoms with E-state index in [0.717, 1.165) is 24.0 Å². The highest BCUT2D eigenvalue weighted by Gasteiger charge is 2.23. The van der Waals surface area contributed by atoms with Crippen LogP contribution in [0.1, 0.15) is 35.5 Å². The molecule has 1 N–H and O–H groups in total. The van der Waals surface area contributed by atoms with Crippen LogP contribution in [0, 0.1) is 20.8 Å². The van der Waals surface area contributed by atoms with Crippen LogP contribution in [-0.4, -0.2) is 66.2 Å². The number of fused-ring (bicyclic) bond motifs is 1. The maximum absolute atomic E-state index is 12.8. The second kappa shape index (κ2) is 9.85. The number of aryl methyl sites for hydroxylation is 2. The number of piperazine rings is 1. The zero-order valence-electron chi connectivity index (χ0n) is 20.8. The van der Waals surface area contributed by atoms with Gasteiger partial charge in [-0.2, -0.15) is 0 Å². The SMILES string of the molecule is COc1cc2nc(C)nc(NC(C)c3cccc(C)c3C)c2cc1OC(=O)N1CCN(C)CC1. The monoisotopic (exact) mass is 463 g/mol. The second-order valence-electron chi connectivity index (χ2n) is 8.95. The molecule has 34 heavy (non-hydrogen) atoms. The Bertz CT molecular complexity index is 1200. The maximum Gasteiger partial charge on any atom is 0.415 e. The number of benzene rings is 2. The van der Waals surface area contributed by atoms with Gasteiger partial charge in [0.25, 0.3) is 0 Å². The number of amides is 1. The highest BCUT2D eigenvalue weighted by Crippen LogP contribution is 2.36. The van der Waals surface area contributed by atoms with Gasteiger partial charge in [0.15, 0.2) is 11.5 Å². The van der Waals surface area contributed by atoms with Gasteiger partial charge in [-0.05, 0) is 57.5 Å². The lowest BCUT2D eigenvalue weighted by Crippen LogP contribution is -2.48. The fraction of sp³-hybridized carbons (Fsp3) is 0.423. The van der Waals surface area contributed by atoms with E-state index < -0.39 is 0 Å². The average Bonchev–Trinajstić information content (AvgIpc) is 2.81. The largest absolute Gasteiger partial charge is 0.493 e. The molecule has 0 bridgehead atoms. The average molecular weight is 464 g/mol. The van der Waals surface area contributed by atoms with E-state index in [-0.39, 0.29) is 12.1 Å². The first-order valence-electron chi connectivity index (χ1n) is 11.6. The van der Waals surface area contributed by atoms with Gasteiger partial charge in [-0.1, -0.05) is 18.2 Å². The molecule has 1 aromatic heterocycles. The van der Waals surface area contributed by atoms with Crippen LogP contribution in [-0.2, 0) is 0 Å². The van der Waals surface area contributed by atoms with Crippen molar-refractivity contribution >= 4 is 22.8 Å². The fourth-order valence-corrected chi connectivity index (χ4v) is 4.28. The van der Waals surface area contributed by atoms with Crippen molar-refractivity contribution in [2.24, 2.45) is 0 Å². The van der Waals surface area contributed by atoms with E-state index >= 15 is 0 Å². The lowest BCUT2D eigenvalue weighted by molar-refractivity contribution is 0.119. The molecule has 1 unspecified atom stereocenters. The predicted octanol–water partition coefficient (Wildman–Crippen LogP) is 4.48. The van der Waals surface area contributed by atoms with Gasteiger partial charge in [-0.25, -0.2) is 14.8 Å². The number of aromatic nitrogens is 2. The van der Waals surface area contributed by atoms with Gasteiger partial charge in [0, 0.05) is 37.6 Å². The third-order valence-electron chi connectivity index (χ3n) is 6.52. The minimum Gasteiger partial charge on any atom is -0.493 e. The highest BCUT2D eigenvalue weighted by molar-refractivity contribution is 5.92. The highest BCUT2D eigenvalue weighted by atomic mass is 16.6. The van der Waals surface area contributed by atoms with Crippen LogP contribution in [0.2, 0.25) is 0 Å². The number of nitrogens with zero attached hydrogens (tertiary/aromatic N) is 4. The Kier molecular flexibility index (Phi) is 6.88. The molecule has 2 aromatic carbocycles. The molecule has 0 aliphatic carbocycles. The van der Waals surface area contributed by atoms with Crippen LogP contribution in [0.25, 0.3) is 10.9 Å². The molecule has 0 saturated carbocycles. The molecule has 8 heteroatoms. The zero-order valence-corrected chi connectivity index (χ0v) is 20.8. The molecule has 1 amide bonds. The first-order valence-corrected chi connectivity index (χ1v) is 11.6. The van der Waals surface area contributed by atoms with Crippen LogP contribution in [0.3, 0.4) is 0 Å². The van der Waals surface area contributed by atoms with Gasteiger partial charge >= 0.3 is 6.09 Å². The molecule has 1 aliphatic heterocycles. The molecular formula is C26H33N5O3. The van der Waals surface area contributed by atoms with Crippen LogP contribution >= 0.6 is 0 Å². The fourth-order valence-electron chi connectivity index (χ4n) is 4.28. The number of carbonyl (C=O) groups excluding carboxylic acids is 1. The molecule has 8 nitrogen and oxygen atoms in total. The first-order chi connectivity index (χ1) is 16.3. The number of rotatable bonds is 5. The van der Waals surface area contributed by atoms with Gasteiger partial charge in [-0.3, -0.25) is 0 Å². The van der Waals surface area contributed by atoms with Crippen LogP contribution in [0.4, 0.5) is 10.6 Å². The minimum absolute atomic E-state index is 0.0239. The van der Waals surface area contributed by atoms with Crippen molar-refractivity contribution in [2.75, 3.05) is 45.7 Å². The van der Waals surface area contributed by atoms with Crippen molar-refractivity contribution in [3.63, 3.8) is 0 Å². The van der Waals surface area contributed by atoms with Crippen molar-refractivity contribution in [2.45, 2.75) is 33.7 Å². The Morgan fingerprint density at radius 3 is 2.50 bits per heavy atom. The van der Waals surface area contributed by atoms with E-state index in [1.54, 1.807) is 24.1 Å². The minimum atomic E-state index is -0.378. The van der Waals surface area contributed by atoms with Gasteiger partial charge in [0.05, 0.1) is 18.7 Å². The number of likely N-dealkylation sites (N-methyl/N-ethyl adjacent to an activating group) is 1. The van der Waals surface area contributed by atoms with E-state index in [1.165, 1.54) is 16.7 Å². The summed E-state index contributed by atoms with van der Waals surface area (Å²) in [5, 5.41) is 4.32. The van der Waals surface area contributed by atoms with Gasteiger partial charge in [-0.15, -0.1) is 0 Å². The van der Waals surface area contributed by atoms with Crippen LogP contribution in [0.5, 0.6) is 11.5 Å². The Hall–Kier alpha value is -3.39. The standard InChI is InChI=1S/C26H33N5O3/c1-16-8-7-9-20(17(16)2)18(3)27-25-21-14-24(23(33-6)15-22(21)28-19(4)29-25)34-26(32)31-12-10-30(5)11-13-31/h7-9,14-15,18H,10-13H2,1-6H3,(H,27,28,29). The van der Waals surface area contributed by atoms with Crippen molar-refractivity contribution in [1.29, 1.82) is 0 Å². The van der Waals surface area contributed by atoms with E-state index in [4.69, 9.17) is 9.47 Å². The Morgan fingerprint density at radius 1 is 1.06 bits per heavy atom. The molecule has 180 valence electrons. The third kappa shape index (κ3) is 4.92. The quantitative estimate of drug-likeness (QED) is 0.597. The van der Waals surface area contributed by atoms with E-state index in [0.29, 0.717) is 36.2 Å². The number of anilines is 1. The summed E-state index contributed by atoms with van der Waals surface area (Å²) in [5.74, 6) is 2.15. The van der Waals surface area contributed by atoms with Gasteiger partial charge in [0.2, 0.25) is 0 Å². The van der Waals surface area contributed by atoms with Crippen molar-refractivity contribution in [3.05, 3.63) is 52.8 Å². The van der Waals surface area contributed by atoms with Crippen LogP contribution in [0.15, 0.2) is 30.3 Å². The van der Waals surface area contributed by atoms with Crippen LogP contribution < -0.4 is 14.8 Å². The summed E-state index contributed by atoms with van der Waals surface area (Å²) < 4.78 is 11.3. The molecule has 0 spiro atoms. The van der Waals surface area contributed by atoms with Crippen molar-refractivity contribution in [3.8, 4) is 11.5 Å². The summed E-state index contributed by atoms with van der Waals surface area (Å²) in [7, 11) is 3.61. The molecule has 4 rings (SSSR count). The van der Waals surface area contributed by atoms with E-state index in [1.807, 2.05) is 14.0 Å². The van der Waals surface area contributed by atoms with Gasteiger partial charge in [0.1, 0.15) is 11.6 Å². The Labute approximate surface area is 200 Å². The van der Waals surface area contributed by atoms with Gasteiger partial charge < -0.3 is 24.6 Å². The summed E-state index contributed by atoms with van der Waals surface area (Å²) >= 11 is 0. The number of ether oxygens (including phenoxy) is 2. The number of carbonyl (C=O) groups is 1. The normalized spacial score (nSPS) is 15.3. The number of nitrogens with one attached hydrogen (secondary N) is 1. The summed E-state index contributed by atoms with van der Waals surface area (Å²) in [5.41, 5.74) is 4.43. The lowest BCUT2D eigenvalue weighted by Gasteiger charge is -2.31. The first kappa shape index (κ1) is 23.8. The smallest absolute Gasteiger partial charge is 0.415 e. The second-order valence-corrected chi connectivity index (χ2v) is 8.95. The number of hydrogen-bond acceptors (Lipinski definition) is 7.